The molecule has 1 N–H and O–H groups in total. The molecule has 6 heteroatoms. The van der Waals surface area contributed by atoms with Gasteiger partial charge in [-0.05, 0) is 37.1 Å². The van der Waals surface area contributed by atoms with Gasteiger partial charge in [0.15, 0.2) is 0 Å². The molecule has 1 atom stereocenters. The molecule has 0 amide bonds. The zero-order valence-corrected chi connectivity index (χ0v) is 13.6. The first-order valence-corrected chi connectivity index (χ1v) is 8.29. The van der Waals surface area contributed by atoms with Crippen molar-refractivity contribution in [1.29, 1.82) is 0 Å². The topological polar surface area (TPSA) is 60.0 Å². The third kappa shape index (κ3) is 3.53. The molecule has 1 saturated heterocycles. The third-order valence-electron chi connectivity index (χ3n) is 4.21. The second kappa shape index (κ2) is 7.03. The molecule has 2 aromatic heterocycles. The van der Waals surface area contributed by atoms with E-state index in [1.54, 1.807) is 30.9 Å². The van der Waals surface area contributed by atoms with Crippen LogP contribution in [0.1, 0.15) is 12.8 Å². The molecule has 0 radical (unpaired) electrons. The molecule has 1 aromatic carbocycles. The lowest BCUT2D eigenvalue weighted by Crippen LogP contribution is -2.16. The molecule has 1 aliphatic heterocycles. The van der Waals surface area contributed by atoms with E-state index >= 15 is 0 Å². The predicted octanol–water partition coefficient (Wildman–Crippen LogP) is 3.84. The Kier molecular flexibility index (Phi) is 4.43. The number of hydrogen-bond donors (Lipinski definition) is 1. The molecular formula is C19H18FN3O2. The fourth-order valence-corrected chi connectivity index (χ4v) is 2.95. The number of H-pyrrole nitrogens is 1. The number of nitrogens with zero attached hydrogens (tertiary/aromatic N) is 2. The number of aromatic nitrogens is 3. The fourth-order valence-electron chi connectivity index (χ4n) is 2.95. The standard InChI is InChI=1S/C19H18FN3O2/c20-15-3-4-18(25-12-16-2-1-7-24-16)17(9-15)13-8-14(11-21-10-13)19-22-5-6-23-19/h3-6,8-11,16H,1-2,7,12H2,(H,22,23). The monoisotopic (exact) mass is 339 g/mol. The Morgan fingerprint density at radius 3 is 2.96 bits per heavy atom. The highest BCUT2D eigenvalue weighted by atomic mass is 19.1. The molecule has 1 aliphatic rings. The van der Waals surface area contributed by atoms with E-state index in [0.717, 1.165) is 30.6 Å². The summed E-state index contributed by atoms with van der Waals surface area (Å²) >= 11 is 0. The van der Waals surface area contributed by atoms with Crippen LogP contribution in [0.15, 0.2) is 49.1 Å². The second-order valence-electron chi connectivity index (χ2n) is 5.99. The lowest BCUT2D eigenvalue weighted by Gasteiger charge is -2.15. The van der Waals surface area contributed by atoms with E-state index in [-0.39, 0.29) is 11.9 Å². The quantitative estimate of drug-likeness (QED) is 0.767. The number of pyridine rings is 1. The summed E-state index contributed by atoms with van der Waals surface area (Å²) in [4.78, 5) is 11.5. The zero-order chi connectivity index (χ0) is 17.1. The van der Waals surface area contributed by atoms with Gasteiger partial charge in [0.05, 0.1) is 6.10 Å². The minimum absolute atomic E-state index is 0.102. The van der Waals surface area contributed by atoms with Crippen LogP contribution in [0.3, 0.4) is 0 Å². The van der Waals surface area contributed by atoms with Crippen molar-refractivity contribution in [3.05, 3.63) is 54.9 Å². The average Bonchev–Trinajstić information content (AvgIpc) is 3.34. The summed E-state index contributed by atoms with van der Waals surface area (Å²) < 4.78 is 25.3. The molecule has 0 spiro atoms. The molecule has 4 rings (SSSR count). The van der Waals surface area contributed by atoms with Gasteiger partial charge in [-0.15, -0.1) is 0 Å². The van der Waals surface area contributed by atoms with Gasteiger partial charge in [-0.25, -0.2) is 9.37 Å². The number of hydrogen-bond acceptors (Lipinski definition) is 4. The first-order valence-electron chi connectivity index (χ1n) is 8.29. The summed E-state index contributed by atoms with van der Waals surface area (Å²) in [6.45, 7) is 1.24. The molecule has 3 aromatic rings. The summed E-state index contributed by atoms with van der Waals surface area (Å²) in [5.74, 6) is 1.02. The van der Waals surface area contributed by atoms with Crippen LogP contribution < -0.4 is 4.74 Å². The molecule has 1 unspecified atom stereocenters. The minimum Gasteiger partial charge on any atom is -0.490 e. The molecule has 3 heterocycles. The Labute approximate surface area is 144 Å². The molecule has 25 heavy (non-hydrogen) atoms. The maximum absolute atomic E-state index is 13.8. The lowest BCUT2D eigenvalue weighted by atomic mass is 10.0. The molecular weight excluding hydrogens is 321 g/mol. The molecule has 0 saturated carbocycles. The van der Waals surface area contributed by atoms with Crippen LogP contribution in [0.5, 0.6) is 5.75 Å². The normalized spacial score (nSPS) is 16.9. The van der Waals surface area contributed by atoms with Gasteiger partial charge in [0.1, 0.15) is 24.0 Å². The average molecular weight is 339 g/mol. The summed E-state index contributed by atoms with van der Waals surface area (Å²) in [6.07, 6.45) is 8.99. The Hall–Kier alpha value is -2.73. The Balaban J connectivity index is 1.64. The van der Waals surface area contributed by atoms with Gasteiger partial charge in [0, 0.05) is 48.1 Å². The number of nitrogens with one attached hydrogen (secondary N) is 1. The van der Waals surface area contributed by atoms with Gasteiger partial charge in [0.25, 0.3) is 0 Å². The van der Waals surface area contributed by atoms with Crippen molar-refractivity contribution in [1.82, 2.24) is 15.0 Å². The van der Waals surface area contributed by atoms with Gasteiger partial charge < -0.3 is 14.5 Å². The first kappa shape index (κ1) is 15.8. The van der Waals surface area contributed by atoms with E-state index in [4.69, 9.17) is 9.47 Å². The van der Waals surface area contributed by atoms with Crippen LogP contribution in [-0.2, 0) is 4.74 Å². The zero-order valence-electron chi connectivity index (χ0n) is 13.6. The first-order chi connectivity index (χ1) is 12.3. The van der Waals surface area contributed by atoms with Crippen molar-refractivity contribution < 1.29 is 13.9 Å². The molecule has 128 valence electrons. The highest BCUT2D eigenvalue weighted by Gasteiger charge is 2.17. The van der Waals surface area contributed by atoms with Crippen LogP contribution >= 0.6 is 0 Å². The van der Waals surface area contributed by atoms with Gasteiger partial charge in [-0.3, -0.25) is 4.98 Å². The fraction of sp³-hybridized carbons (Fsp3) is 0.263. The van der Waals surface area contributed by atoms with Crippen molar-refractivity contribution in [2.75, 3.05) is 13.2 Å². The van der Waals surface area contributed by atoms with E-state index in [2.05, 4.69) is 15.0 Å². The van der Waals surface area contributed by atoms with Crippen molar-refractivity contribution in [3.63, 3.8) is 0 Å². The van der Waals surface area contributed by atoms with E-state index < -0.39 is 0 Å². The Morgan fingerprint density at radius 1 is 1.24 bits per heavy atom. The van der Waals surface area contributed by atoms with Gasteiger partial charge in [-0.1, -0.05) is 0 Å². The largest absolute Gasteiger partial charge is 0.490 e. The Morgan fingerprint density at radius 2 is 2.16 bits per heavy atom. The number of halogens is 1. The number of aromatic amines is 1. The van der Waals surface area contributed by atoms with E-state index in [0.29, 0.717) is 23.7 Å². The van der Waals surface area contributed by atoms with Gasteiger partial charge >= 0.3 is 0 Å². The SMILES string of the molecule is Fc1ccc(OCC2CCCO2)c(-c2cncc(-c3ncc[nH]3)c2)c1. The van der Waals surface area contributed by atoms with Crippen molar-refractivity contribution >= 4 is 0 Å². The smallest absolute Gasteiger partial charge is 0.138 e. The number of benzene rings is 1. The maximum atomic E-state index is 13.8. The predicted molar refractivity (Wildman–Crippen MR) is 91.7 cm³/mol. The summed E-state index contributed by atoms with van der Waals surface area (Å²) in [6, 6.07) is 6.44. The van der Waals surface area contributed by atoms with Crippen LogP contribution in [0.4, 0.5) is 4.39 Å². The van der Waals surface area contributed by atoms with Crippen LogP contribution in [-0.4, -0.2) is 34.3 Å². The van der Waals surface area contributed by atoms with Crippen LogP contribution in [0.25, 0.3) is 22.5 Å². The summed E-state index contributed by atoms with van der Waals surface area (Å²) in [7, 11) is 0. The van der Waals surface area contributed by atoms with Gasteiger partial charge in [-0.2, -0.15) is 0 Å². The highest BCUT2D eigenvalue weighted by Crippen LogP contribution is 2.32. The second-order valence-corrected chi connectivity index (χ2v) is 5.99. The number of ether oxygens (including phenoxy) is 2. The van der Waals surface area contributed by atoms with Crippen LogP contribution in [0.2, 0.25) is 0 Å². The van der Waals surface area contributed by atoms with E-state index in [1.807, 2.05) is 6.07 Å². The van der Waals surface area contributed by atoms with Crippen molar-refractivity contribution in [2.45, 2.75) is 18.9 Å². The molecule has 1 fully saturated rings. The highest BCUT2D eigenvalue weighted by molar-refractivity contribution is 5.73. The molecule has 0 bridgehead atoms. The van der Waals surface area contributed by atoms with E-state index in [1.165, 1.54) is 12.1 Å². The Bertz CT molecular complexity index is 846. The third-order valence-corrected chi connectivity index (χ3v) is 4.21. The summed E-state index contributed by atoms with van der Waals surface area (Å²) in [5, 5.41) is 0. The maximum Gasteiger partial charge on any atom is 0.138 e. The number of imidazole rings is 1. The van der Waals surface area contributed by atoms with Gasteiger partial charge in [0.2, 0.25) is 0 Å². The van der Waals surface area contributed by atoms with Crippen molar-refractivity contribution in [3.8, 4) is 28.3 Å². The molecule has 5 nitrogen and oxygen atoms in total. The number of rotatable bonds is 5. The summed E-state index contributed by atoms with van der Waals surface area (Å²) in [5.41, 5.74) is 2.27. The lowest BCUT2D eigenvalue weighted by molar-refractivity contribution is 0.0681. The minimum atomic E-state index is -0.317. The van der Waals surface area contributed by atoms with E-state index in [9.17, 15) is 4.39 Å². The molecule has 0 aliphatic carbocycles. The van der Waals surface area contributed by atoms with Crippen molar-refractivity contribution in [2.24, 2.45) is 0 Å². The van der Waals surface area contributed by atoms with Crippen LogP contribution in [0, 0.1) is 5.82 Å².